The molecule has 1 fully saturated rings. The molecule has 86 valence electrons. The molecule has 4 heteroatoms. The van der Waals surface area contributed by atoms with Crippen molar-refractivity contribution in [3.8, 4) is 5.75 Å². The molecule has 0 amide bonds. The molecular formula is C13H12N2O2. The average molecular weight is 228 g/mol. The van der Waals surface area contributed by atoms with E-state index in [2.05, 4.69) is 10.8 Å². The molecule has 0 radical (unpaired) electrons. The van der Waals surface area contributed by atoms with Crippen molar-refractivity contribution in [2.75, 3.05) is 5.32 Å². The van der Waals surface area contributed by atoms with Crippen molar-refractivity contribution in [2.24, 2.45) is 0 Å². The van der Waals surface area contributed by atoms with E-state index in [1.807, 2.05) is 60.7 Å². The molecule has 1 aliphatic rings. The number of nitrogens with one attached hydrogen (secondary N) is 2. The topological polar surface area (TPSA) is 55.7 Å². The van der Waals surface area contributed by atoms with Crippen LogP contribution in [-0.4, -0.2) is 6.03 Å². The van der Waals surface area contributed by atoms with Crippen LogP contribution in [0.3, 0.4) is 0 Å². The third-order valence-electron chi connectivity index (χ3n) is 2.37. The van der Waals surface area contributed by atoms with Gasteiger partial charge in [-0.2, -0.15) is 0 Å². The summed E-state index contributed by atoms with van der Waals surface area (Å²) in [6.07, 6.45) is 0. The van der Waals surface area contributed by atoms with Gasteiger partial charge in [-0.3, -0.25) is 0 Å². The first kappa shape index (κ1) is 10.1. The number of rotatable bonds is 4. The molecule has 1 heterocycles. The van der Waals surface area contributed by atoms with Crippen LogP contribution in [0.1, 0.15) is 0 Å². The van der Waals surface area contributed by atoms with Crippen molar-refractivity contribution in [2.45, 2.75) is 6.03 Å². The Morgan fingerprint density at radius 1 is 0.941 bits per heavy atom. The predicted molar refractivity (Wildman–Crippen MR) is 64.1 cm³/mol. The lowest BCUT2D eigenvalue weighted by Gasteiger charge is -2.14. The molecule has 1 saturated heterocycles. The fraction of sp³-hybridized carbons (Fsp3) is 0.0769. The third kappa shape index (κ3) is 2.38. The number of hydrogen-bond donors (Lipinski definition) is 2. The summed E-state index contributed by atoms with van der Waals surface area (Å²) >= 11 is 0. The lowest BCUT2D eigenvalue weighted by Crippen LogP contribution is -2.33. The summed E-state index contributed by atoms with van der Waals surface area (Å²) in [5, 5.41) is 3.12. The largest absolute Gasteiger partial charge is 0.430 e. The van der Waals surface area contributed by atoms with Crippen LogP contribution >= 0.6 is 0 Å². The van der Waals surface area contributed by atoms with Gasteiger partial charge in [-0.05, 0) is 24.3 Å². The highest BCUT2D eigenvalue weighted by atomic mass is 17.0. The Morgan fingerprint density at radius 3 is 2.12 bits per heavy atom. The summed E-state index contributed by atoms with van der Waals surface area (Å²) in [7, 11) is 0. The molecule has 1 aliphatic heterocycles. The van der Waals surface area contributed by atoms with Gasteiger partial charge in [0.25, 0.3) is 0 Å². The van der Waals surface area contributed by atoms with Crippen molar-refractivity contribution >= 4 is 5.69 Å². The van der Waals surface area contributed by atoms with Crippen LogP contribution in [0.2, 0.25) is 0 Å². The SMILES string of the molecule is c1ccc(NC2(Oc3ccccc3)NO2)cc1. The lowest BCUT2D eigenvalue weighted by atomic mass is 10.3. The summed E-state index contributed by atoms with van der Waals surface area (Å²) < 4.78 is 5.67. The van der Waals surface area contributed by atoms with Gasteiger partial charge < -0.3 is 10.1 Å². The zero-order chi connectivity index (χ0) is 11.6. The second-order valence-electron chi connectivity index (χ2n) is 3.73. The molecule has 0 aromatic heterocycles. The Hall–Kier alpha value is -2.04. The van der Waals surface area contributed by atoms with Gasteiger partial charge in [-0.25, -0.2) is 4.84 Å². The molecule has 0 aliphatic carbocycles. The summed E-state index contributed by atoms with van der Waals surface area (Å²) in [4.78, 5) is 5.12. The predicted octanol–water partition coefficient (Wildman–Crippen LogP) is 2.32. The molecule has 17 heavy (non-hydrogen) atoms. The first-order valence-electron chi connectivity index (χ1n) is 5.39. The van der Waals surface area contributed by atoms with E-state index in [1.165, 1.54) is 0 Å². The van der Waals surface area contributed by atoms with Crippen LogP contribution in [0.4, 0.5) is 5.69 Å². The smallest absolute Gasteiger partial charge is 0.399 e. The number of ether oxygens (including phenoxy) is 1. The standard InChI is InChI=1S/C13H12N2O2/c1-3-7-11(8-4-1)14-13(15-17-13)16-12-9-5-2-6-10-12/h1-10,14-15H. The lowest BCUT2D eigenvalue weighted by molar-refractivity contribution is 0.0889. The Bertz CT molecular complexity index is 440. The van der Waals surface area contributed by atoms with E-state index in [0.717, 1.165) is 11.4 Å². The Kier molecular flexibility index (Phi) is 2.44. The Balaban J connectivity index is 1.71. The monoisotopic (exact) mass is 228 g/mol. The van der Waals surface area contributed by atoms with E-state index >= 15 is 0 Å². The van der Waals surface area contributed by atoms with E-state index in [-0.39, 0.29) is 0 Å². The zero-order valence-corrected chi connectivity index (χ0v) is 9.09. The molecule has 4 nitrogen and oxygen atoms in total. The minimum absolute atomic E-state index is 0.737. The summed E-state index contributed by atoms with van der Waals surface area (Å²) in [5.74, 6) is 0.737. The first-order chi connectivity index (χ1) is 8.36. The van der Waals surface area contributed by atoms with Crippen LogP contribution < -0.4 is 15.5 Å². The van der Waals surface area contributed by atoms with E-state index in [1.54, 1.807) is 0 Å². The average Bonchev–Trinajstić information content (AvgIpc) is 3.11. The van der Waals surface area contributed by atoms with Gasteiger partial charge in [0.05, 0.1) is 0 Å². The van der Waals surface area contributed by atoms with Crippen LogP contribution in [0, 0.1) is 0 Å². The third-order valence-corrected chi connectivity index (χ3v) is 2.37. The van der Waals surface area contributed by atoms with Crippen LogP contribution in [-0.2, 0) is 4.84 Å². The first-order valence-corrected chi connectivity index (χ1v) is 5.39. The maximum absolute atomic E-state index is 5.67. The maximum Gasteiger partial charge on any atom is 0.399 e. The quantitative estimate of drug-likeness (QED) is 0.623. The molecule has 0 saturated carbocycles. The van der Waals surface area contributed by atoms with Gasteiger partial charge in [-0.1, -0.05) is 36.4 Å². The molecule has 0 spiro atoms. The second kappa shape index (κ2) is 4.08. The van der Waals surface area contributed by atoms with Gasteiger partial charge in [-0.15, -0.1) is 5.48 Å². The number of hydrogen-bond acceptors (Lipinski definition) is 4. The van der Waals surface area contributed by atoms with Crippen molar-refractivity contribution < 1.29 is 9.57 Å². The Labute approximate surface area is 99.1 Å². The van der Waals surface area contributed by atoms with Crippen molar-refractivity contribution in [1.29, 1.82) is 0 Å². The normalized spacial score (nSPS) is 21.9. The van der Waals surface area contributed by atoms with Crippen molar-refractivity contribution in [3.05, 3.63) is 60.7 Å². The summed E-state index contributed by atoms with van der Waals surface area (Å²) in [6.45, 7) is 0. The molecule has 2 aromatic carbocycles. The minimum atomic E-state index is -0.942. The highest BCUT2D eigenvalue weighted by molar-refractivity contribution is 5.44. The van der Waals surface area contributed by atoms with Gasteiger partial charge in [0.1, 0.15) is 5.75 Å². The molecular weight excluding hydrogens is 216 g/mol. The number of benzene rings is 2. The number of para-hydroxylation sites is 2. The highest BCUT2D eigenvalue weighted by Crippen LogP contribution is 2.26. The molecule has 1 unspecified atom stereocenters. The van der Waals surface area contributed by atoms with Gasteiger partial charge in [0.2, 0.25) is 0 Å². The summed E-state index contributed by atoms with van der Waals surface area (Å²) in [6, 6.07) is 18.3. The van der Waals surface area contributed by atoms with Gasteiger partial charge in [0.15, 0.2) is 0 Å². The van der Waals surface area contributed by atoms with Crippen LogP contribution in [0.15, 0.2) is 60.7 Å². The van der Waals surface area contributed by atoms with Gasteiger partial charge >= 0.3 is 6.03 Å². The molecule has 1 atom stereocenters. The second-order valence-corrected chi connectivity index (χ2v) is 3.73. The molecule has 3 rings (SSSR count). The van der Waals surface area contributed by atoms with E-state index < -0.39 is 6.03 Å². The molecule has 0 bridgehead atoms. The van der Waals surface area contributed by atoms with Gasteiger partial charge in [0, 0.05) is 5.69 Å². The molecule has 2 aromatic rings. The van der Waals surface area contributed by atoms with E-state index in [0.29, 0.717) is 0 Å². The summed E-state index contributed by atoms with van der Waals surface area (Å²) in [5.41, 5.74) is 3.64. The molecule has 2 N–H and O–H groups in total. The number of anilines is 1. The maximum atomic E-state index is 5.67. The van der Waals surface area contributed by atoms with E-state index in [9.17, 15) is 0 Å². The minimum Gasteiger partial charge on any atom is -0.430 e. The Morgan fingerprint density at radius 2 is 1.53 bits per heavy atom. The van der Waals surface area contributed by atoms with Crippen molar-refractivity contribution in [1.82, 2.24) is 5.48 Å². The van der Waals surface area contributed by atoms with E-state index in [4.69, 9.17) is 9.57 Å². The fourth-order valence-electron chi connectivity index (χ4n) is 1.53. The zero-order valence-electron chi connectivity index (χ0n) is 9.09. The van der Waals surface area contributed by atoms with Crippen molar-refractivity contribution in [3.63, 3.8) is 0 Å². The fourth-order valence-corrected chi connectivity index (χ4v) is 1.53. The number of hydroxylamine groups is 1. The highest BCUT2D eigenvalue weighted by Gasteiger charge is 2.49. The van der Waals surface area contributed by atoms with Crippen LogP contribution in [0.5, 0.6) is 5.75 Å². The van der Waals surface area contributed by atoms with Crippen LogP contribution in [0.25, 0.3) is 0 Å².